The molecule has 4 rings (SSSR count). The molecule has 156 valence electrons. The Bertz CT molecular complexity index is 1000. The average Bonchev–Trinajstić information content (AvgIpc) is 3.54. The number of hydrogen-bond acceptors (Lipinski definition) is 5. The number of imide groups is 1. The van der Waals surface area contributed by atoms with Gasteiger partial charge in [0.2, 0.25) is 5.91 Å². The molecule has 8 heteroatoms. The second-order valence-electron chi connectivity index (χ2n) is 7.28. The summed E-state index contributed by atoms with van der Waals surface area (Å²) in [7, 11) is 2.98. The second-order valence-corrected chi connectivity index (χ2v) is 7.28. The maximum absolute atomic E-state index is 13.3. The smallest absolute Gasteiger partial charge is 0.257 e. The van der Waals surface area contributed by atoms with Crippen molar-refractivity contribution in [1.29, 1.82) is 0 Å². The summed E-state index contributed by atoms with van der Waals surface area (Å²) in [5, 5.41) is 0. The molecular weight excluding hydrogens is 391 g/mol. The Hall–Kier alpha value is -3.42. The topological polar surface area (TPSA) is 76.2 Å². The molecule has 2 aromatic rings. The van der Waals surface area contributed by atoms with Crippen molar-refractivity contribution in [2.24, 2.45) is 0 Å². The summed E-state index contributed by atoms with van der Waals surface area (Å²) in [6, 6.07) is 8.96. The van der Waals surface area contributed by atoms with E-state index in [-0.39, 0.29) is 18.4 Å². The molecule has 1 atom stereocenters. The molecule has 1 unspecified atom stereocenters. The van der Waals surface area contributed by atoms with E-state index in [2.05, 4.69) is 0 Å². The van der Waals surface area contributed by atoms with E-state index in [1.54, 1.807) is 18.2 Å². The molecule has 0 radical (unpaired) electrons. The number of anilines is 1. The molecule has 1 heterocycles. The van der Waals surface area contributed by atoms with E-state index < -0.39 is 23.7 Å². The first-order valence-corrected chi connectivity index (χ1v) is 9.61. The molecular formula is C22H21FN2O5. The van der Waals surface area contributed by atoms with Crippen LogP contribution in [-0.4, -0.2) is 48.9 Å². The van der Waals surface area contributed by atoms with Crippen molar-refractivity contribution in [3.8, 4) is 11.5 Å². The first-order chi connectivity index (χ1) is 14.4. The minimum Gasteiger partial charge on any atom is -0.493 e. The van der Waals surface area contributed by atoms with Gasteiger partial charge in [-0.2, -0.15) is 0 Å². The van der Waals surface area contributed by atoms with E-state index in [4.69, 9.17) is 9.47 Å². The molecule has 1 saturated carbocycles. The van der Waals surface area contributed by atoms with Crippen LogP contribution in [0.1, 0.15) is 29.6 Å². The highest BCUT2D eigenvalue weighted by Gasteiger charge is 2.49. The fraction of sp³-hybridized carbons (Fsp3) is 0.318. The summed E-state index contributed by atoms with van der Waals surface area (Å²) in [6.07, 6.45) is 1.44. The highest BCUT2D eigenvalue weighted by Crippen LogP contribution is 2.36. The molecule has 1 aliphatic heterocycles. The van der Waals surface area contributed by atoms with E-state index in [0.29, 0.717) is 22.7 Å². The van der Waals surface area contributed by atoms with Crippen LogP contribution >= 0.6 is 0 Å². The second kappa shape index (κ2) is 7.78. The van der Waals surface area contributed by atoms with Crippen LogP contribution in [0.3, 0.4) is 0 Å². The monoisotopic (exact) mass is 412 g/mol. The lowest BCUT2D eigenvalue weighted by Crippen LogP contribution is -2.46. The predicted octanol–water partition coefficient (Wildman–Crippen LogP) is 2.78. The number of halogens is 1. The van der Waals surface area contributed by atoms with E-state index in [1.807, 2.05) is 0 Å². The number of benzene rings is 2. The normalized spacial score (nSPS) is 18.5. The summed E-state index contributed by atoms with van der Waals surface area (Å²) in [4.78, 5) is 41.6. The molecule has 1 aliphatic carbocycles. The van der Waals surface area contributed by atoms with Crippen LogP contribution in [0, 0.1) is 5.82 Å². The molecule has 2 fully saturated rings. The number of methoxy groups -OCH3 is 2. The molecule has 1 saturated heterocycles. The summed E-state index contributed by atoms with van der Waals surface area (Å²) in [5.41, 5.74) is 0.642. The first kappa shape index (κ1) is 19.9. The SMILES string of the molecule is COc1ccc(C(=O)N(C2CC2)C2CC(=O)N(c3ccc(F)cc3)C2=O)cc1OC. The molecule has 3 amide bonds. The van der Waals surface area contributed by atoms with Crippen LogP contribution in [0.4, 0.5) is 10.1 Å². The van der Waals surface area contributed by atoms with Crippen molar-refractivity contribution in [1.82, 2.24) is 4.90 Å². The van der Waals surface area contributed by atoms with Crippen molar-refractivity contribution >= 4 is 23.4 Å². The van der Waals surface area contributed by atoms with E-state index >= 15 is 0 Å². The summed E-state index contributed by atoms with van der Waals surface area (Å²) >= 11 is 0. The summed E-state index contributed by atoms with van der Waals surface area (Å²) < 4.78 is 23.7. The maximum Gasteiger partial charge on any atom is 0.257 e. The predicted molar refractivity (Wildman–Crippen MR) is 106 cm³/mol. The lowest BCUT2D eigenvalue weighted by molar-refractivity contribution is -0.122. The molecule has 0 bridgehead atoms. The van der Waals surface area contributed by atoms with Crippen molar-refractivity contribution in [2.45, 2.75) is 31.3 Å². The third kappa shape index (κ3) is 3.49. The zero-order chi connectivity index (χ0) is 21.4. The lowest BCUT2D eigenvalue weighted by Gasteiger charge is -2.28. The van der Waals surface area contributed by atoms with Gasteiger partial charge in [-0.1, -0.05) is 0 Å². The van der Waals surface area contributed by atoms with Gasteiger partial charge in [-0.3, -0.25) is 14.4 Å². The van der Waals surface area contributed by atoms with Gasteiger partial charge in [0.15, 0.2) is 11.5 Å². The molecule has 2 aliphatic rings. The van der Waals surface area contributed by atoms with Gasteiger partial charge in [0, 0.05) is 11.6 Å². The molecule has 0 N–H and O–H groups in total. The number of nitrogens with zero attached hydrogens (tertiary/aromatic N) is 2. The maximum atomic E-state index is 13.3. The van der Waals surface area contributed by atoms with Crippen molar-refractivity contribution in [3.05, 3.63) is 53.8 Å². The van der Waals surface area contributed by atoms with Crippen LogP contribution in [-0.2, 0) is 9.59 Å². The minimum absolute atomic E-state index is 0.0967. The third-order valence-electron chi connectivity index (χ3n) is 5.35. The fourth-order valence-electron chi connectivity index (χ4n) is 3.73. The van der Waals surface area contributed by atoms with Crippen LogP contribution < -0.4 is 14.4 Å². The number of ether oxygens (including phenoxy) is 2. The van der Waals surface area contributed by atoms with E-state index in [1.165, 1.54) is 43.4 Å². The Morgan fingerprint density at radius 1 is 1.03 bits per heavy atom. The lowest BCUT2D eigenvalue weighted by atomic mass is 10.1. The third-order valence-corrected chi connectivity index (χ3v) is 5.35. The van der Waals surface area contributed by atoms with Crippen LogP contribution in [0.25, 0.3) is 0 Å². The van der Waals surface area contributed by atoms with E-state index in [9.17, 15) is 18.8 Å². The molecule has 7 nitrogen and oxygen atoms in total. The molecule has 30 heavy (non-hydrogen) atoms. The zero-order valence-electron chi connectivity index (χ0n) is 16.6. The van der Waals surface area contributed by atoms with E-state index in [0.717, 1.165) is 17.7 Å². The van der Waals surface area contributed by atoms with Crippen molar-refractivity contribution < 1.29 is 28.2 Å². The van der Waals surface area contributed by atoms with Gasteiger partial charge in [-0.05, 0) is 55.3 Å². The summed E-state index contributed by atoms with van der Waals surface area (Å²) in [6.45, 7) is 0. The van der Waals surface area contributed by atoms with Gasteiger partial charge in [0.1, 0.15) is 11.9 Å². The van der Waals surface area contributed by atoms with Crippen LogP contribution in [0.15, 0.2) is 42.5 Å². The van der Waals surface area contributed by atoms with Gasteiger partial charge in [0.25, 0.3) is 11.8 Å². The van der Waals surface area contributed by atoms with Crippen LogP contribution in [0.5, 0.6) is 11.5 Å². The Morgan fingerprint density at radius 2 is 1.70 bits per heavy atom. The highest BCUT2D eigenvalue weighted by atomic mass is 19.1. The molecule has 2 aromatic carbocycles. The number of hydrogen-bond donors (Lipinski definition) is 0. The number of carbonyl (C=O) groups is 3. The number of rotatable bonds is 6. The molecule has 0 spiro atoms. The fourth-order valence-corrected chi connectivity index (χ4v) is 3.73. The van der Waals surface area contributed by atoms with Gasteiger partial charge in [-0.25, -0.2) is 9.29 Å². The van der Waals surface area contributed by atoms with Crippen LogP contribution in [0.2, 0.25) is 0 Å². The number of amides is 3. The number of carbonyl (C=O) groups excluding carboxylic acids is 3. The quantitative estimate of drug-likeness (QED) is 0.682. The average molecular weight is 412 g/mol. The Morgan fingerprint density at radius 3 is 2.30 bits per heavy atom. The van der Waals surface area contributed by atoms with Gasteiger partial charge in [-0.15, -0.1) is 0 Å². The Labute approximate surface area is 173 Å². The van der Waals surface area contributed by atoms with Crippen molar-refractivity contribution in [3.63, 3.8) is 0 Å². The summed E-state index contributed by atoms with van der Waals surface area (Å²) in [5.74, 6) is -0.805. The van der Waals surface area contributed by atoms with Gasteiger partial charge < -0.3 is 14.4 Å². The Balaban J connectivity index is 1.63. The molecule has 0 aromatic heterocycles. The minimum atomic E-state index is -0.893. The van der Waals surface area contributed by atoms with Gasteiger partial charge >= 0.3 is 0 Å². The standard InChI is InChI=1S/C22H21FN2O5/c1-29-18-10-3-13(11-19(18)30-2)21(27)24(15-8-9-15)17-12-20(26)25(22(17)28)16-6-4-14(23)5-7-16/h3-7,10-11,15,17H,8-9,12H2,1-2H3. The largest absolute Gasteiger partial charge is 0.493 e. The Kier molecular flexibility index (Phi) is 5.15. The van der Waals surface area contributed by atoms with Crippen molar-refractivity contribution in [2.75, 3.05) is 19.1 Å². The van der Waals surface area contributed by atoms with Gasteiger partial charge in [0.05, 0.1) is 26.3 Å². The zero-order valence-corrected chi connectivity index (χ0v) is 16.6. The highest BCUT2D eigenvalue weighted by molar-refractivity contribution is 6.23. The first-order valence-electron chi connectivity index (χ1n) is 9.61.